The summed E-state index contributed by atoms with van der Waals surface area (Å²) in [6, 6.07) is 0.592. The van der Waals surface area contributed by atoms with Crippen molar-refractivity contribution in [3.05, 3.63) is 0 Å². The second-order valence-corrected chi connectivity index (χ2v) is 5.55. The van der Waals surface area contributed by atoms with Crippen LogP contribution in [0.3, 0.4) is 0 Å². The molecule has 1 aliphatic heterocycles. The Morgan fingerprint density at radius 2 is 1.88 bits per heavy atom. The molecule has 1 amide bonds. The van der Waals surface area contributed by atoms with E-state index >= 15 is 0 Å². The maximum atomic E-state index is 12.1. The summed E-state index contributed by atoms with van der Waals surface area (Å²) in [6.07, 6.45) is 6.11. The van der Waals surface area contributed by atoms with Crippen LogP contribution in [0.5, 0.6) is 0 Å². The van der Waals surface area contributed by atoms with Gasteiger partial charge in [-0.15, -0.1) is 0 Å². The van der Waals surface area contributed by atoms with Gasteiger partial charge in [-0.2, -0.15) is 0 Å². The Morgan fingerprint density at radius 3 is 2.44 bits per heavy atom. The molecule has 0 bridgehead atoms. The average Bonchev–Trinajstić information content (AvgIpc) is 2.27. The van der Waals surface area contributed by atoms with Gasteiger partial charge < -0.3 is 10.2 Å². The van der Waals surface area contributed by atoms with Crippen LogP contribution in [0, 0.1) is 5.92 Å². The lowest BCUT2D eigenvalue weighted by Gasteiger charge is -2.37. The number of likely N-dealkylation sites (tertiary alicyclic amines) is 1. The van der Waals surface area contributed by atoms with Crippen LogP contribution in [-0.4, -0.2) is 36.0 Å². The third-order valence-corrected chi connectivity index (χ3v) is 3.90. The Morgan fingerprint density at radius 1 is 1.25 bits per heavy atom. The molecule has 0 radical (unpaired) electrons. The van der Waals surface area contributed by atoms with Crippen LogP contribution in [-0.2, 0) is 4.79 Å². The third kappa shape index (κ3) is 2.76. The van der Waals surface area contributed by atoms with E-state index in [2.05, 4.69) is 12.2 Å². The molecule has 0 spiro atoms. The Bertz CT molecular complexity index is 242. The first kappa shape index (κ1) is 11.9. The second-order valence-electron chi connectivity index (χ2n) is 5.55. The molecule has 2 fully saturated rings. The number of nitrogens with one attached hydrogen (secondary N) is 1. The van der Waals surface area contributed by atoms with E-state index in [1.165, 1.54) is 32.1 Å². The number of carbonyl (C=O) groups excluding carboxylic acids is 1. The highest BCUT2D eigenvalue weighted by Gasteiger charge is 2.29. The molecule has 0 aromatic rings. The highest BCUT2D eigenvalue weighted by molar-refractivity contribution is 5.81. The molecule has 1 aliphatic carbocycles. The van der Waals surface area contributed by atoms with Crippen LogP contribution in [0.4, 0.5) is 0 Å². The standard InChI is InChI=1S/C13H24N2O/c1-10-8-12(9-10)14-11(2)13(16)15-6-4-3-5-7-15/h10-12,14H,3-9H2,1-2H3. The van der Waals surface area contributed by atoms with E-state index in [1.54, 1.807) is 0 Å². The van der Waals surface area contributed by atoms with Gasteiger partial charge in [0.15, 0.2) is 0 Å². The minimum Gasteiger partial charge on any atom is -0.341 e. The van der Waals surface area contributed by atoms with Gasteiger partial charge >= 0.3 is 0 Å². The Hall–Kier alpha value is -0.570. The monoisotopic (exact) mass is 224 g/mol. The molecule has 0 aromatic heterocycles. The van der Waals surface area contributed by atoms with Crippen LogP contribution < -0.4 is 5.32 Å². The van der Waals surface area contributed by atoms with E-state index in [4.69, 9.17) is 0 Å². The van der Waals surface area contributed by atoms with E-state index in [1.807, 2.05) is 11.8 Å². The summed E-state index contributed by atoms with van der Waals surface area (Å²) in [5.74, 6) is 1.15. The van der Waals surface area contributed by atoms with Gasteiger partial charge in [0.05, 0.1) is 6.04 Å². The zero-order valence-corrected chi connectivity index (χ0v) is 10.5. The van der Waals surface area contributed by atoms with Gasteiger partial charge in [-0.3, -0.25) is 4.79 Å². The van der Waals surface area contributed by atoms with Crippen molar-refractivity contribution in [1.82, 2.24) is 10.2 Å². The van der Waals surface area contributed by atoms with Crippen LogP contribution in [0.15, 0.2) is 0 Å². The molecular formula is C13H24N2O. The molecular weight excluding hydrogens is 200 g/mol. The van der Waals surface area contributed by atoms with Gasteiger partial charge in [-0.05, 0) is 44.9 Å². The van der Waals surface area contributed by atoms with Gasteiger partial charge in [-0.25, -0.2) is 0 Å². The molecule has 2 rings (SSSR count). The van der Waals surface area contributed by atoms with Gasteiger partial charge in [0.1, 0.15) is 0 Å². The number of amides is 1. The minimum atomic E-state index is 0.00981. The Kier molecular flexibility index (Phi) is 3.85. The van der Waals surface area contributed by atoms with Crippen molar-refractivity contribution in [2.45, 2.75) is 58.0 Å². The maximum absolute atomic E-state index is 12.1. The minimum absolute atomic E-state index is 0.00981. The van der Waals surface area contributed by atoms with Gasteiger partial charge in [0.25, 0.3) is 0 Å². The summed E-state index contributed by atoms with van der Waals surface area (Å²) in [4.78, 5) is 14.1. The number of rotatable bonds is 3. The molecule has 92 valence electrons. The van der Waals surface area contributed by atoms with Crippen LogP contribution in [0.25, 0.3) is 0 Å². The smallest absolute Gasteiger partial charge is 0.239 e. The Labute approximate surface area is 98.6 Å². The fraction of sp³-hybridized carbons (Fsp3) is 0.923. The van der Waals surface area contributed by atoms with Gasteiger partial charge in [-0.1, -0.05) is 6.92 Å². The summed E-state index contributed by atoms with van der Waals surface area (Å²) in [7, 11) is 0. The number of carbonyl (C=O) groups is 1. The average molecular weight is 224 g/mol. The first-order valence-corrected chi connectivity index (χ1v) is 6.71. The third-order valence-electron chi connectivity index (χ3n) is 3.90. The normalized spacial score (nSPS) is 32.0. The number of piperidine rings is 1. The highest BCUT2D eigenvalue weighted by atomic mass is 16.2. The molecule has 3 nitrogen and oxygen atoms in total. The van der Waals surface area contributed by atoms with E-state index < -0.39 is 0 Å². The van der Waals surface area contributed by atoms with Gasteiger partial charge in [0, 0.05) is 19.1 Å². The molecule has 1 unspecified atom stereocenters. The predicted molar refractivity (Wildman–Crippen MR) is 65.2 cm³/mol. The van der Waals surface area contributed by atoms with Gasteiger partial charge in [0.2, 0.25) is 5.91 Å². The fourth-order valence-corrected chi connectivity index (χ4v) is 2.85. The fourth-order valence-electron chi connectivity index (χ4n) is 2.85. The summed E-state index contributed by atoms with van der Waals surface area (Å²) in [5, 5.41) is 3.45. The first-order valence-electron chi connectivity index (χ1n) is 6.71. The summed E-state index contributed by atoms with van der Waals surface area (Å²) >= 11 is 0. The van der Waals surface area contributed by atoms with E-state index in [0.29, 0.717) is 11.9 Å². The van der Waals surface area contributed by atoms with E-state index in [9.17, 15) is 4.79 Å². The zero-order chi connectivity index (χ0) is 11.5. The lowest BCUT2D eigenvalue weighted by molar-refractivity contribution is -0.134. The van der Waals surface area contributed by atoms with E-state index in [-0.39, 0.29) is 6.04 Å². The topological polar surface area (TPSA) is 32.3 Å². The van der Waals surface area contributed by atoms with Crippen molar-refractivity contribution in [3.63, 3.8) is 0 Å². The SMILES string of the molecule is CC1CC(NC(C)C(=O)N2CCCCC2)C1. The maximum Gasteiger partial charge on any atom is 0.239 e. The lowest BCUT2D eigenvalue weighted by atomic mass is 9.81. The highest BCUT2D eigenvalue weighted by Crippen LogP contribution is 2.26. The van der Waals surface area contributed by atoms with Crippen molar-refractivity contribution >= 4 is 5.91 Å². The number of nitrogens with zero attached hydrogens (tertiary/aromatic N) is 1. The summed E-state index contributed by atoms with van der Waals surface area (Å²) < 4.78 is 0. The molecule has 2 aliphatic rings. The molecule has 0 aromatic carbocycles. The van der Waals surface area contributed by atoms with Crippen molar-refractivity contribution in [1.29, 1.82) is 0 Å². The Balaban J connectivity index is 1.74. The molecule has 1 N–H and O–H groups in total. The summed E-state index contributed by atoms with van der Waals surface area (Å²) in [5.41, 5.74) is 0. The van der Waals surface area contributed by atoms with Crippen LogP contribution in [0.1, 0.15) is 46.0 Å². The number of hydrogen-bond donors (Lipinski definition) is 1. The predicted octanol–water partition coefficient (Wildman–Crippen LogP) is 1.78. The van der Waals surface area contributed by atoms with Crippen molar-refractivity contribution in [2.24, 2.45) is 5.92 Å². The first-order chi connectivity index (χ1) is 7.66. The van der Waals surface area contributed by atoms with Crippen LogP contribution in [0.2, 0.25) is 0 Å². The molecule has 1 saturated carbocycles. The number of hydrogen-bond acceptors (Lipinski definition) is 2. The zero-order valence-electron chi connectivity index (χ0n) is 10.5. The van der Waals surface area contributed by atoms with E-state index in [0.717, 1.165) is 19.0 Å². The second kappa shape index (κ2) is 5.17. The molecule has 3 heteroatoms. The van der Waals surface area contributed by atoms with Crippen molar-refractivity contribution in [3.8, 4) is 0 Å². The summed E-state index contributed by atoms with van der Waals surface area (Å²) in [6.45, 7) is 6.22. The molecule has 16 heavy (non-hydrogen) atoms. The quantitative estimate of drug-likeness (QED) is 0.792. The lowest BCUT2D eigenvalue weighted by Crippen LogP contribution is -2.52. The van der Waals surface area contributed by atoms with Crippen molar-refractivity contribution in [2.75, 3.05) is 13.1 Å². The largest absolute Gasteiger partial charge is 0.341 e. The molecule has 1 heterocycles. The van der Waals surface area contributed by atoms with Crippen LogP contribution >= 0.6 is 0 Å². The molecule has 1 saturated heterocycles. The molecule has 1 atom stereocenters. The van der Waals surface area contributed by atoms with Crippen molar-refractivity contribution < 1.29 is 4.79 Å².